The number of carbonyl (C=O) groups excluding carboxylic acids is 3. The van der Waals surface area contributed by atoms with E-state index in [-0.39, 0.29) is 30.2 Å². The Labute approximate surface area is 183 Å². The number of nitrogens with zero attached hydrogens (tertiary/aromatic N) is 2. The van der Waals surface area contributed by atoms with Crippen LogP contribution in [0, 0.1) is 6.92 Å². The third-order valence-corrected chi connectivity index (χ3v) is 5.39. The summed E-state index contributed by atoms with van der Waals surface area (Å²) in [6, 6.07) is 16.9. The molecule has 0 radical (unpaired) electrons. The number of nitrogens with one attached hydrogen (secondary N) is 2. The van der Waals surface area contributed by atoms with Crippen LogP contribution in [0.3, 0.4) is 0 Å². The van der Waals surface area contributed by atoms with E-state index >= 15 is 0 Å². The van der Waals surface area contributed by atoms with Crippen molar-refractivity contribution in [2.75, 3.05) is 38.0 Å². The van der Waals surface area contributed by atoms with Gasteiger partial charge in [0.2, 0.25) is 17.7 Å². The molecule has 2 aromatic carbocycles. The van der Waals surface area contributed by atoms with Crippen LogP contribution in [0.15, 0.2) is 54.6 Å². The van der Waals surface area contributed by atoms with E-state index in [1.807, 2.05) is 66.4 Å². The number of carbonyl (C=O) groups is 3. The number of benzene rings is 2. The van der Waals surface area contributed by atoms with Crippen molar-refractivity contribution in [2.45, 2.75) is 26.3 Å². The maximum atomic E-state index is 12.8. The normalized spacial score (nSPS) is 15.2. The van der Waals surface area contributed by atoms with Gasteiger partial charge in [0.15, 0.2) is 0 Å². The third-order valence-electron chi connectivity index (χ3n) is 5.39. The van der Waals surface area contributed by atoms with Gasteiger partial charge in [-0.15, -0.1) is 0 Å². The minimum absolute atomic E-state index is 0.00589. The molecule has 2 N–H and O–H groups in total. The van der Waals surface area contributed by atoms with Gasteiger partial charge in [0.25, 0.3) is 0 Å². The number of anilines is 1. The molecule has 0 saturated carbocycles. The summed E-state index contributed by atoms with van der Waals surface area (Å²) in [5.74, 6) is -0.212. The van der Waals surface area contributed by atoms with Gasteiger partial charge in [0.1, 0.15) is 0 Å². The van der Waals surface area contributed by atoms with Crippen LogP contribution in [0.2, 0.25) is 0 Å². The van der Waals surface area contributed by atoms with Gasteiger partial charge >= 0.3 is 0 Å². The summed E-state index contributed by atoms with van der Waals surface area (Å²) >= 11 is 0. The van der Waals surface area contributed by atoms with E-state index in [0.717, 1.165) is 16.8 Å². The predicted molar refractivity (Wildman–Crippen MR) is 120 cm³/mol. The van der Waals surface area contributed by atoms with E-state index in [4.69, 9.17) is 0 Å². The summed E-state index contributed by atoms with van der Waals surface area (Å²) in [7, 11) is 0. The van der Waals surface area contributed by atoms with Gasteiger partial charge in [-0.2, -0.15) is 0 Å². The molecule has 7 nitrogen and oxygen atoms in total. The largest absolute Gasteiger partial charge is 0.349 e. The van der Waals surface area contributed by atoms with E-state index in [0.29, 0.717) is 32.7 Å². The van der Waals surface area contributed by atoms with E-state index in [1.54, 1.807) is 0 Å². The first-order valence-electron chi connectivity index (χ1n) is 10.6. The summed E-state index contributed by atoms with van der Waals surface area (Å²) in [5.41, 5.74) is 2.85. The molecule has 1 aliphatic rings. The molecule has 0 bridgehead atoms. The highest BCUT2D eigenvalue weighted by Crippen LogP contribution is 2.18. The highest BCUT2D eigenvalue weighted by molar-refractivity contribution is 5.92. The van der Waals surface area contributed by atoms with Crippen molar-refractivity contribution < 1.29 is 14.4 Å². The molecule has 1 heterocycles. The highest BCUT2D eigenvalue weighted by atomic mass is 16.2. The zero-order valence-electron chi connectivity index (χ0n) is 18.1. The monoisotopic (exact) mass is 422 g/mol. The molecule has 0 unspecified atom stereocenters. The highest BCUT2D eigenvalue weighted by Gasteiger charge is 2.25. The Morgan fingerprint density at radius 1 is 0.935 bits per heavy atom. The van der Waals surface area contributed by atoms with Crippen molar-refractivity contribution in [3.8, 4) is 0 Å². The maximum Gasteiger partial charge on any atom is 0.238 e. The standard InChI is InChI=1S/C24H30N4O3/c1-18-8-10-21(11-9-18)26-23(30)17-27-12-14-28(15-13-27)24(31)16-22(25-19(2)29)20-6-4-3-5-7-20/h3-11,22H,12-17H2,1-2H3,(H,25,29)(H,26,30)/t22-/m1/s1. The SMILES string of the molecule is CC(=O)N[C@H](CC(=O)N1CCN(CC(=O)Nc2ccc(C)cc2)CC1)c1ccccc1. The van der Waals surface area contributed by atoms with Crippen LogP contribution in [-0.2, 0) is 14.4 Å². The number of amides is 3. The van der Waals surface area contributed by atoms with Gasteiger partial charge < -0.3 is 15.5 Å². The summed E-state index contributed by atoms with van der Waals surface area (Å²) in [5, 5.41) is 5.79. The Kier molecular flexibility index (Phi) is 7.78. The Hall–Kier alpha value is -3.19. The summed E-state index contributed by atoms with van der Waals surface area (Å²) in [4.78, 5) is 40.6. The number of aryl methyl sites for hydroxylation is 1. The lowest BCUT2D eigenvalue weighted by atomic mass is 10.0. The first kappa shape index (κ1) is 22.5. The van der Waals surface area contributed by atoms with Gasteiger partial charge in [0.05, 0.1) is 19.0 Å². The van der Waals surface area contributed by atoms with Gasteiger partial charge in [-0.25, -0.2) is 0 Å². The Morgan fingerprint density at radius 3 is 2.19 bits per heavy atom. The molecular formula is C24H30N4O3. The molecule has 1 atom stereocenters. The molecule has 31 heavy (non-hydrogen) atoms. The van der Waals surface area contributed by atoms with Gasteiger partial charge in [-0.05, 0) is 24.6 Å². The summed E-state index contributed by atoms with van der Waals surface area (Å²) in [6.45, 7) is 6.18. The fraction of sp³-hybridized carbons (Fsp3) is 0.375. The molecule has 1 saturated heterocycles. The molecule has 0 aliphatic carbocycles. The molecule has 0 aromatic heterocycles. The second kappa shape index (κ2) is 10.7. The van der Waals surface area contributed by atoms with Crippen molar-refractivity contribution in [3.63, 3.8) is 0 Å². The Balaban J connectivity index is 1.47. The first-order chi connectivity index (χ1) is 14.9. The second-order valence-corrected chi connectivity index (χ2v) is 7.94. The average molecular weight is 423 g/mol. The van der Waals surface area contributed by atoms with E-state index in [9.17, 15) is 14.4 Å². The first-order valence-corrected chi connectivity index (χ1v) is 10.6. The predicted octanol–water partition coefficient (Wildman–Crippen LogP) is 2.35. The van der Waals surface area contributed by atoms with Crippen LogP contribution in [0.4, 0.5) is 5.69 Å². The van der Waals surface area contributed by atoms with Crippen LogP contribution >= 0.6 is 0 Å². The van der Waals surface area contributed by atoms with Crippen LogP contribution in [0.5, 0.6) is 0 Å². The fourth-order valence-electron chi connectivity index (χ4n) is 3.68. The quantitative estimate of drug-likeness (QED) is 0.718. The lowest BCUT2D eigenvalue weighted by Gasteiger charge is -2.35. The van der Waals surface area contributed by atoms with Gasteiger partial charge in [-0.1, -0.05) is 48.0 Å². The van der Waals surface area contributed by atoms with Crippen molar-refractivity contribution in [1.82, 2.24) is 15.1 Å². The molecule has 2 aromatic rings. The number of rotatable bonds is 7. The fourth-order valence-corrected chi connectivity index (χ4v) is 3.68. The van der Waals surface area contributed by atoms with E-state index < -0.39 is 0 Å². The molecule has 164 valence electrons. The second-order valence-electron chi connectivity index (χ2n) is 7.94. The molecule has 3 rings (SSSR count). The lowest BCUT2D eigenvalue weighted by molar-refractivity contribution is -0.133. The molecule has 7 heteroatoms. The zero-order valence-corrected chi connectivity index (χ0v) is 18.1. The molecule has 0 spiro atoms. The van der Waals surface area contributed by atoms with Crippen molar-refractivity contribution in [2.24, 2.45) is 0 Å². The van der Waals surface area contributed by atoms with Crippen molar-refractivity contribution in [1.29, 1.82) is 0 Å². The topological polar surface area (TPSA) is 81.8 Å². The Morgan fingerprint density at radius 2 is 1.58 bits per heavy atom. The average Bonchev–Trinajstić information content (AvgIpc) is 2.75. The summed E-state index contributed by atoms with van der Waals surface area (Å²) in [6.07, 6.45) is 0.220. The minimum atomic E-state index is -0.343. The molecule has 1 aliphatic heterocycles. The molecule has 1 fully saturated rings. The van der Waals surface area contributed by atoms with Gasteiger partial charge in [-0.3, -0.25) is 19.3 Å². The molecular weight excluding hydrogens is 392 g/mol. The van der Waals surface area contributed by atoms with Crippen molar-refractivity contribution >= 4 is 23.4 Å². The van der Waals surface area contributed by atoms with E-state index in [2.05, 4.69) is 15.5 Å². The maximum absolute atomic E-state index is 12.8. The Bertz CT molecular complexity index is 891. The number of hydrogen-bond donors (Lipinski definition) is 2. The van der Waals surface area contributed by atoms with Crippen LogP contribution < -0.4 is 10.6 Å². The number of hydrogen-bond acceptors (Lipinski definition) is 4. The van der Waals surface area contributed by atoms with Crippen molar-refractivity contribution in [3.05, 3.63) is 65.7 Å². The lowest BCUT2D eigenvalue weighted by Crippen LogP contribution is -2.51. The van der Waals surface area contributed by atoms with Crippen LogP contribution in [0.1, 0.15) is 30.5 Å². The van der Waals surface area contributed by atoms with E-state index in [1.165, 1.54) is 6.92 Å². The van der Waals surface area contributed by atoms with Gasteiger partial charge in [0, 0.05) is 38.8 Å². The van der Waals surface area contributed by atoms with Crippen LogP contribution in [-0.4, -0.2) is 60.2 Å². The third kappa shape index (κ3) is 6.93. The minimum Gasteiger partial charge on any atom is -0.349 e. The zero-order chi connectivity index (χ0) is 22.2. The number of piperazine rings is 1. The molecule has 3 amide bonds. The van der Waals surface area contributed by atoms with Crippen LogP contribution in [0.25, 0.3) is 0 Å². The smallest absolute Gasteiger partial charge is 0.238 e. The summed E-state index contributed by atoms with van der Waals surface area (Å²) < 4.78 is 0.